The van der Waals surface area contributed by atoms with Gasteiger partial charge in [0.15, 0.2) is 11.3 Å². The van der Waals surface area contributed by atoms with Gasteiger partial charge in [-0.25, -0.2) is 9.98 Å². The van der Waals surface area contributed by atoms with Crippen LogP contribution in [0, 0.1) is 13.8 Å². The van der Waals surface area contributed by atoms with Crippen LogP contribution in [0.4, 0.5) is 11.4 Å². The van der Waals surface area contributed by atoms with Crippen LogP contribution in [0.2, 0.25) is 0 Å². The van der Waals surface area contributed by atoms with Crippen LogP contribution in [0.1, 0.15) is 25.0 Å². The van der Waals surface area contributed by atoms with Gasteiger partial charge in [0.1, 0.15) is 11.2 Å². The molecule has 2 heterocycles. The maximum Gasteiger partial charge on any atom is 0.155 e. The summed E-state index contributed by atoms with van der Waals surface area (Å²) >= 11 is 0. The number of pyridine rings is 1. The van der Waals surface area contributed by atoms with E-state index in [0.29, 0.717) is 0 Å². The molecule has 0 radical (unpaired) electrons. The van der Waals surface area contributed by atoms with Crippen molar-refractivity contribution < 1.29 is 4.42 Å². The maximum atomic E-state index is 6.47. The topological polar surface area (TPSA) is 54.5 Å². The predicted molar refractivity (Wildman–Crippen MR) is 131 cm³/mol. The Bertz CT molecular complexity index is 1470. The van der Waals surface area contributed by atoms with Crippen molar-refractivity contribution in [2.45, 2.75) is 27.7 Å². The first kappa shape index (κ1) is 20.2. The molecular formula is C27H26N4O. The normalized spacial score (nSPS) is 12.2. The Balaban J connectivity index is 1.85. The maximum absolute atomic E-state index is 6.47. The molecule has 0 amide bonds. The molecule has 0 atom stereocenters. The molecule has 3 aromatic rings. The zero-order valence-electron chi connectivity index (χ0n) is 18.9. The van der Waals surface area contributed by atoms with E-state index in [1.165, 1.54) is 5.56 Å². The minimum absolute atomic E-state index is 0.736. The van der Waals surface area contributed by atoms with Crippen molar-refractivity contribution in [1.29, 1.82) is 0 Å². The minimum Gasteiger partial charge on any atom is -0.453 e. The molecule has 160 valence electrons. The fourth-order valence-corrected chi connectivity index (χ4v) is 4.28. The Hall–Kier alpha value is -3.73. The zero-order valence-corrected chi connectivity index (χ0v) is 18.9. The summed E-state index contributed by atoms with van der Waals surface area (Å²) in [5.41, 5.74) is 6.86. The number of benzene rings is 3. The van der Waals surface area contributed by atoms with E-state index >= 15 is 0 Å². The van der Waals surface area contributed by atoms with Crippen LogP contribution in [0.15, 0.2) is 70.3 Å². The van der Waals surface area contributed by atoms with E-state index in [1.54, 1.807) is 12.4 Å². The summed E-state index contributed by atoms with van der Waals surface area (Å²) < 4.78 is 6.47. The van der Waals surface area contributed by atoms with Crippen molar-refractivity contribution >= 4 is 33.2 Å². The number of aryl methyl sites for hydroxylation is 2. The van der Waals surface area contributed by atoms with E-state index in [1.807, 2.05) is 18.2 Å². The van der Waals surface area contributed by atoms with Gasteiger partial charge < -0.3 is 9.32 Å². The summed E-state index contributed by atoms with van der Waals surface area (Å²) in [6.45, 7) is 10.4. The zero-order chi connectivity index (χ0) is 22.2. The third-order valence-corrected chi connectivity index (χ3v) is 5.94. The van der Waals surface area contributed by atoms with Crippen molar-refractivity contribution in [3.63, 3.8) is 0 Å². The van der Waals surface area contributed by atoms with Gasteiger partial charge in [-0.15, -0.1) is 0 Å². The van der Waals surface area contributed by atoms with Gasteiger partial charge in [0.25, 0.3) is 0 Å². The molecule has 0 saturated carbocycles. The van der Waals surface area contributed by atoms with Crippen LogP contribution >= 0.6 is 0 Å². The minimum atomic E-state index is 0.736. The van der Waals surface area contributed by atoms with E-state index in [2.05, 4.69) is 67.9 Å². The first-order valence-corrected chi connectivity index (χ1v) is 11.1. The van der Waals surface area contributed by atoms with Crippen LogP contribution in [0.5, 0.6) is 0 Å². The monoisotopic (exact) mass is 422 g/mol. The molecule has 0 fully saturated rings. The number of nitrogens with zero attached hydrogens (tertiary/aromatic N) is 4. The second-order valence-corrected chi connectivity index (χ2v) is 8.10. The van der Waals surface area contributed by atoms with E-state index in [-0.39, 0.29) is 0 Å². The molecule has 0 spiro atoms. The average molecular weight is 423 g/mol. The summed E-state index contributed by atoms with van der Waals surface area (Å²) in [6, 6.07) is 16.5. The lowest BCUT2D eigenvalue weighted by atomic mass is 10.0. The van der Waals surface area contributed by atoms with E-state index in [9.17, 15) is 0 Å². The molecule has 5 heteroatoms. The number of fused-ring (bicyclic) bond motifs is 4. The average Bonchev–Trinajstić information content (AvgIpc) is 2.80. The lowest BCUT2D eigenvalue weighted by Crippen LogP contribution is -2.21. The molecule has 0 unspecified atom stereocenters. The first-order valence-electron chi connectivity index (χ1n) is 11.1. The lowest BCUT2D eigenvalue weighted by molar-refractivity contribution is 0.613. The Morgan fingerprint density at radius 3 is 2.44 bits per heavy atom. The molecule has 1 aliphatic heterocycles. The predicted octanol–water partition coefficient (Wildman–Crippen LogP) is 6.18. The molecular weight excluding hydrogens is 396 g/mol. The fourth-order valence-electron chi connectivity index (χ4n) is 4.28. The van der Waals surface area contributed by atoms with Crippen molar-refractivity contribution in [3.8, 4) is 11.5 Å². The molecule has 0 N–H and O–H groups in total. The van der Waals surface area contributed by atoms with Gasteiger partial charge in [-0.1, -0.05) is 17.7 Å². The summed E-state index contributed by atoms with van der Waals surface area (Å²) in [6.07, 6.45) is 3.51. The second kappa shape index (κ2) is 8.08. The molecule has 1 aliphatic carbocycles. The van der Waals surface area contributed by atoms with Crippen molar-refractivity contribution in [3.05, 3.63) is 77.4 Å². The highest BCUT2D eigenvalue weighted by atomic mass is 16.3. The summed E-state index contributed by atoms with van der Waals surface area (Å²) in [4.78, 5) is 16.4. The van der Waals surface area contributed by atoms with Gasteiger partial charge in [-0.05, 0) is 57.5 Å². The fraction of sp³-hybridized carbons (Fsp3) is 0.222. The molecule has 2 aliphatic rings. The summed E-state index contributed by atoms with van der Waals surface area (Å²) in [7, 11) is 0. The van der Waals surface area contributed by atoms with Gasteiger partial charge in [0.2, 0.25) is 0 Å². The van der Waals surface area contributed by atoms with Crippen molar-refractivity contribution in [2.75, 3.05) is 18.0 Å². The Kier molecular flexibility index (Phi) is 5.10. The van der Waals surface area contributed by atoms with Gasteiger partial charge in [0, 0.05) is 54.1 Å². The number of hydrogen-bond donors (Lipinski definition) is 0. The molecule has 1 aromatic heterocycles. The standard InChI is InChI=1S/C27H26N4O/c1-5-31(6-2)20-14-18(4)26-24(15-20)32-25-16-23(29-19-9-11-28-12-10-19)21-8-7-17(3)13-22(21)27(25)30-26/h7-16H,5-6H2,1-4H3. The van der Waals surface area contributed by atoms with Crippen LogP contribution in [-0.2, 0) is 0 Å². The van der Waals surface area contributed by atoms with E-state index in [4.69, 9.17) is 14.4 Å². The molecule has 5 nitrogen and oxygen atoms in total. The van der Waals surface area contributed by atoms with Crippen LogP contribution in [-0.4, -0.2) is 23.1 Å². The summed E-state index contributed by atoms with van der Waals surface area (Å²) in [5.74, 6) is 0.736. The summed E-state index contributed by atoms with van der Waals surface area (Å²) in [5, 5.41) is 2.97. The Labute approximate surface area is 187 Å². The van der Waals surface area contributed by atoms with Gasteiger partial charge in [-0.3, -0.25) is 4.98 Å². The van der Waals surface area contributed by atoms with Gasteiger partial charge in [-0.2, -0.15) is 0 Å². The molecule has 5 rings (SSSR count). The van der Waals surface area contributed by atoms with Gasteiger partial charge in [0.05, 0.1) is 11.0 Å². The highest BCUT2D eigenvalue weighted by Gasteiger charge is 2.17. The third kappa shape index (κ3) is 3.50. The van der Waals surface area contributed by atoms with Gasteiger partial charge >= 0.3 is 0 Å². The molecule has 0 bridgehead atoms. The van der Waals surface area contributed by atoms with Crippen molar-refractivity contribution in [2.24, 2.45) is 4.99 Å². The first-order chi connectivity index (χ1) is 15.6. The van der Waals surface area contributed by atoms with Crippen molar-refractivity contribution in [1.82, 2.24) is 9.97 Å². The smallest absolute Gasteiger partial charge is 0.155 e. The van der Waals surface area contributed by atoms with E-state index in [0.717, 1.165) is 68.7 Å². The highest BCUT2D eigenvalue weighted by molar-refractivity contribution is 5.97. The highest BCUT2D eigenvalue weighted by Crippen LogP contribution is 2.34. The third-order valence-electron chi connectivity index (χ3n) is 5.94. The van der Waals surface area contributed by atoms with E-state index < -0.39 is 0 Å². The molecule has 2 aromatic carbocycles. The number of aromatic nitrogens is 2. The molecule has 0 saturated heterocycles. The number of rotatable bonds is 4. The molecule has 32 heavy (non-hydrogen) atoms. The number of anilines is 1. The second-order valence-electron chi connectivity index (χ2n) is 8.10. The van der Waals surface area contributed by atoms with Crippen LogP contribution < -0.4 is 10.3 Å². The number of hydrogen-bond acceptors (Lipinski definition) is 5. The Morgan fingerprint density at radius 1 is 0.906 bits per heavy atom. The largest absolute Gasteiger partial charge is 0.453 e. The Morgan fingerprint density at radius 2 is 1.69 bits per heavy atom. The SMILES string of the molecule is CCN(CC)c1cc(C)c2nc3c4cc(C)ccc4c(=Nc4ccncc4)cc-3oc2c1. The lowest BCUT2D eigenvalue weighted by Gasteiger charge is -2.22. The van der Waals surface area contributed by atoms with Crippen LogP contribution in [0.3, 0.4) is 0 Å². The van der Waals surface area contributed by atoms with Crippen LogP contribution in [0.25, 0.3) is 33.3 Å². The quantitative estimate of drug-likeness (QED) is 0.256.